The highest BCUT2D eigenvalue weighted by Gasteiger charge is 2.64. The number of aliphatic hydroxyl groups excluding tert-OH is 2. The van der Waals surface area contributed by atoms with E-state index in [0.717, 1.165) is 19.5 Å². The van der Waals surface area contributed by atoms with Gasteiger partial charge >= 0.3 is 0 Å². The topological polar surface area (TPSA) is 203 Å². The van der Waals surface area contributed by atoms with E-state index in [2.05, 4.69) is 5.32 Å². The number of rotatable bonds is 6. The van der Waals surface area contributed by atoms with Crippen molar-refractivity contribution in [2.24, 2.45) is 17.6 Å². The van der Waals surface area contributed by atoms with Crippen molar-refractivity contribution in [3.8, 4) is 11.5 Å². The molecule has 1 aromatic carbocycles. The summed E-state index contributed by atoms with van der Waals surface area (Å²) in [6.45, 7) is 1.68. The second-order valence-corrected chi connectivity index (χ2v) is 11.0. The summed E-state index contributed by atoms with van der Waals surface area (Å²) in [7, 11) is 4.45. The first-order valence-electron chi connectivity index (χ1n) is 12.9. The van der Waals surface area contributed by atoms with Gasteiger partial charge in [-0.3, -0.25) is 29.0 Å². The van der Waals surface area contributed by atoms with Gasteiger partial charge in [-0.05, 0) is 52.4 Å². The summed E-state index contributed by atoms with van der Waals surface area (Å²) in [5.41, 5.74) is 1.63. The summed E-state index contributed by atoms with van der Waals surface area (Å²) in [5.74, 6) is -7.60. The molecular weight excluding hydrogens is 524 g/mol. The van der Waals surface area contributed by atoms with E-state index in [1.54, 1.807) is 0 Å². The molecule has 0 bridgehead atoms. The third-order valence-corrected chi connectivity index (χ3v) is 8.49. The fourth-order valence-electron chi connectivity index (χ4n) is 6.49. The van der Waals surface area contributed by atoms with Crippen molar-refractivity contribution in [2.45, 2.75) is 30.9 Å². The minimum absolute atomic E-state index is 0.0377. The number of hydrogen-bond donors (Lipinski definition) is 6. The smallest absolute Gasteiger partial charge is 0.255 e. The number of benzene rings is 1. The van der Waals surface area contributed by atoms with Gasteiger partial charge < -0.3 is 36.2 Å². The van der Waals surface area contributed by atoms with Crippen molar-refractivity contribution in [2.75, 3.05) is 46.2 Å². The van der Waals surface area contributed by atoms with E-state index in [0.29, 0.717) is 5.56 Å². The molecule has 214 valence electrons. The Morgan fingerprint density at radius 1 is 1.23 bits per heavy atom. The number of carbonyl (C=O) groups is 4. The van der Waals surface area contributed by atoms with Gasteiger partial charge in [0.25, 0.3) is 5.91 Å². The second kappa shape index (κ2) is 9.61. The first-order chi connectivity index (χ1) is 18.8. The van der Waals surface area contributed by atoms with Crippen molar-refractivity contribution in [3.05, 3.63) is 34.1 Å². The number of phenols is 1. The predicted molar refractivity (Wildman–Crippen MR) is 140 cm³/mol. The third kappa shape index (κ3) is 3.87. The number of ether oxygens (including phenoxy) is 1. The van der Waals surface area contributed by atoms with E-state index in [4.69, 9.17) is 10.5 Å². The number of carbonyl (C=O) groups excluding carboxylic acids is 4. The zero-order chi connectivity index (χ0) is 29.3. The van der Waals surface area contributed by atoms with Crippen LogP contribution in [0.15, 0.2) is 23.0 Å². The molecule has 7 N–H and O–H groups in total. The molecule has 2 fully saturated rings. The number of Topliss-reactive ketones (excluding diaryl/α,β-unsaturated/α-hetero) is 2. The highest BCUT2D eigenvalue weighted by molar-refractivity contribution is 6.24. The maximum atomic E-state index is 13.9. The number of nitrogens with one attached hydrogen (secondary N) is 1. The number of hydrogen-bond acceptors (Lipinski definition) is 11. The summed E-state index contributed by atoms with van der Waals surface area (Å²) < 4.78 is 5.52. The van der Waals surface area contributed by atoms with Crippen LogP contribution < -0.4 is 15.8 Å². The van der Waals surface area contributed by atoms with Crippen molar-refractivity contribution in [1.82, 2.24) is 9.80 Å². The third-order valence-electron chi connectivity index (χ3n) is 8.49. The molecule has 1 saturated heterocycles. The van der Waals surface area contributed by atoms with Crippen LogP contribution in [0.25, 0.3) is 5.76 Å². The molecule has 13 heteroatoms. The highest BCUT2D eigenvalue weighted by atomic mass is 16.5. The van der Waals surface area contributed by atoms with Crippen LogP contribution in [0, 0.1) is 11.8 Å². The largest absolute Gasteiger partial charge is 0.508 e. The van der Waals surface area contributed by atoms with Crippen LogP contribution in [-0.4, -0.2) is 106 Å². The fraction of sp³-hybridized carbons (Fsp3) is 0.481. The van der Waals surface area contributed by atoms with Gasteiger partial charge in [0.15, 0.2) is 17.1 Å². The number of aromatic hydroxyl groups is 1. The molecule has 2 amide bonds. The van der Waals surface area contributed by atoms with E-state index in [-0.39, 0.29) is 47.9 Å². The molecule has 1 aromatic rings. The summed E-state index contributed by atoms with van der Waals surface area (Å²) in [4.78, 5) is 55.1. The molecule has 0 aromatic heterocycles. The van der Waals surface area contributed by atoms with Gasteiger partial charge in [0, 0.05) is 23.1 Å². The Kier molecular flexibility index (Phi) is 6.63. The number of amides is 2. The number of primary amides is 1. The first-order valence-corrected chi connectivity index (χ1v) is 12.9. The summed E-state index contributed by atoms with van der Waals surface area (Å²) in [6, 6.07) is 0.263. The van der Waals surface area contributed by atoms with E-state index in [1.807, 2.05) is 4.90 Å². The maximum Gasteiger partial charge on any atom is 0.255 e. The molecule has 1 heterocycles. The Morgan fingerprint density at radius 2 is 1.90 bits per heavy atom. The van der Waals surface area contributed by atoms with Crippen LogP contribution in [0.2, 0.25) is 0 Å². The molecule has 0 radical (unpaired) electrons. The normalized spacial score (nSPS) is 28.1. The maximum absolute atomic E-state index is 13.9. The van der Waals surface area contributed by atoms with Crippen LogP contribution in [-0.2, 0) is 25.6 Å². The number of nitrogens with two attached hydrogens (primary N) is 1. The van der Waals surface area contributed by atoms with Crippen molar-refractivity contribution >= 4 is 34.8 Å². The summed E-state index contributed by atoms with van der Waals surface area (Å²) in [5, 5.41) is 47.8. The molecule has 5 rings (SSSR count). The van der Waals surface area contributed by atoms with E-state index in [9.17, 15) is 39.6 Å². The summed E-state index contributed by atoms with van der Waals surface area (Å²) in [6.07, 6.45) is 1.03. The van der Waals surface area contributed by atoms with Crippen molar-refractivity contribution in [1.29, 1.82) is 0 Å². The number of anilines is 1. The summed E-state index contributed by atoms with van der Waals surface area (Å²) >= 11 is 0. The van der Waals surface area contributed by atoms with Crippen LogP contribution >= 0.6 is 0 Å². The lowest BCUT2D eigenvalue weighted by Gasteiger charge is -2.50. The molecule has 1 saturated carbocycles. The van der Waals surface area contributed by atoms with Gasteiger partial charge in [-0.25, -0.2) is 0 Å². The molecule has 4 aliphatic rings. The Bertz CT molecular complexity index is 1410. The Morgan fingerprint density at radius 3 is 2.45 bits per heavy atom. The number of methoxy groups -OCH3 is 1. The van der Waals surface area contributed by atoms with E-state index in [1.165, 1.54) is 32.2 Å². The standard InChI is InChI=1S/C27H32N4O9/c1-30(2)20-13-8-11-7-12-15(40-3)9-14(29-16(32)10-31-5-4-6-31)21(33)18(12)22(34)17(11)24(36)27(13,39)25(37)19(23(20)35)26(28)38/h9,11,13,20,33-34,37,39H,4-8,10H2,1-3H3,(H2,28,38)(H,29,32)/t11-,13-,20-,27-/m0/s1. The van der Waals surface area contributed by atoms with Crippen molar-refractivity contribution < 1.29 is 44.3 Å². The molecule has 0 spiro atoms. The van der Waals surface area contributed by atoms with Gasteiger partial charge in [0.1, 0.15) is 22.8 Å². The zero-order valence-corrected chi connectivity index (χ0v) is 22.4. The monoisotopic (exact) mass is 556 g/mol. The van der Waals surface area contributed by atoms with Gasteiger partial charge in [-0.15, -0.1) is 0 Å². The van der Waals surface area contributed by atoms with Crippen LogP contribution in [0.5, 0.6) is 11.5 Å². The lowest BCUT2D eigenvalue weighted by Crippen LogP contribution is -2.65. The molecule has 0 unspecified atom stereocenters. The number of likely N-dealkylation sites (tertiary alicyclic amines) is 1. The molecule has 1 aliphatic heterocycles. The number of fused-ring (bicyclic) bond motifs is 3. The Hall–Kier alpha value is -3.94. The Labute approximate surface area is 229 Å². The van der Waals surface area contributed by atoms with Gasteiger partial charge in [0.2, 0.25) is 11.7 Å². The number of likely N-dealkylation sites (N-methyl/N-ethyl adjacent to an activating group) is 1. The van der Waals surface area contributed by atoms with Crippen molar-refractivity contribution in [3.63, 3.8) is 0 Å². The van der Waals surface area contributed by atoms with Gasteiger partial charge in [-0.1, -0.05) is 0 Å². The van der Waals surface area contributed by atoms with Crippen LogP contribution in [0.3, 0.4) is 0 Å². The number of ketones is 2. The predicted octanol–water partition coefficient (Wildman–Crippen LogP) is -0.383. The number of nitrogens with zero attached hydrogens (tertiary/aromatic N) is 2. The number of aliphatic hydroxyl groups is 3. The second-order valence-electron chi connectivity index (χ2n) is 11.0. The highest BCUT2D eigenvalue weighted by Crippen LogP contribution is 2.54. The van der Waals surface area contributed by atoms with Gasteiger partial charge in [0.05, 0.1) is 30.9 Å². The first kappa shape index (κ1) is 27.6. The zero-order valence-electron chi connectivity index (χ0n) is 22.4. The lowest BCUT2D eigenvalue weighted by molar-refractivity contribution is -0.153. The minimum Gasteiger partial charge on any atom is -0.508 e. The lowest BCUT2D eigenvalue weighted by atomic mass is 9.57. The molecule has 3 aliphatic carbocycles. The fourth-order valence-corrected chi connectivity index (χ4v) is 6.49. The number of phenolic OH excluding ortho intramolecular Hbond substituents is 1. The SMILES string of the molecule is COc1cc(NC(=O)CN2CCC2)c(O)c2c1C[C@H]1C[C@H]3[C@H](N(C)C)C(=O)C(C(N)=O)=C(O)[C@@]3(O)C(=O)C1=C2O. The average molecular weight is 557 g/mol. The minimum atomic E-state index is -2.73. The molecule has 4 atom stereocenters. The average Bonchev–Trinajstić information content (AvgIpc) is 2.85. The molecule has 40 heavy (non-hydrogen) atoms. The quantitative estimate of drug-likeness (QED) is 0.197. The molecule has 13 nitrogen and oxygen atoms in total. The van der Waals surface area contributed by atoms with E-state index >= 15 is 0 Å². The van der Waals surface area contributed by atoms with Crippen LogP contribution in [0.4, 0.5) is 5.69 Å². The van der Waals surface area contributed by atoms with Gasteiger partial charge in [-0.2, -0.15) is 0 Å². The molecular formula is C27H32N4O9. The Balaban J connectivity index is 1.64. The van der Waals surface area contributed by atoms with Crippen LogP contribution in [0.1, 0.15) is 24.0 Å². The van der Waals surface area contributed by atoms with E-state index < -0.39 is 63.8 Å².